The molecular weight excluding hydrogens is 356 g/mol. The number of carbonyl (C=O) groups is 1. The summed E-state index contributed by atoms with van der Waals surface area (Å²) in [5, 5.41) is 22.8. The van der Waals surface area contributed by atoms with Gasteiger partial charge in [0.1, 0.15) is 5.76 Å². The van der Waals surface area contributed by atoms with Crippen LogP contribution in [0.5, 0.6) is 0 Å². The molecule has 2 N–H and O–H groups in total. The van der Waals surface area contributed by atoms with Crippen LogP contribution in [0, 0.1) is 33.8 Å². The van der Waals surface area contributed by atoms with E-state index in [1.54, 1.807) is 26.1 Å². The van der Waals surface area contributed by atoms with Crippen LogP contribution in [-0.2, 0) is 4.79 Å². The predicted molar refractivity (Wildman–Crippen MR) is 113 cm³/mol. The van der Waals surface area contributed by atoms with Gasteiger partial charge in [-0.05, 0) is 37.3 Å². The summed E-state index contributed by atoms with van der Waals surface area (Å²) in [5.74, 6) is 1.59. The first-order valence-corrected chi connectivity index (χ1v) is 9.98. The van der Waals surface area contributed by atoms with Crippen molar-refractivity contribution in [3.8, 4) is 0 Å². The van der Waals surface area contributed by atoms with Crippen LogP contribution in [0.2, 0.25) is 0 Å². The maximum Gasteiger partial charge on any atom is 0.269 e. The molecule has 154 valence electrons. The number of benzene rings is 1. The summed E-state index contributed by atoms with van der Waals surface area (Å²) in [6.07, 6.45) is 5.38. The van der Waals surface area contributed by atoms with E-state index in [0.717, 1.165) is 12.1 Å². The molecule has 6 nitrogen and oxygen atoms in total. The number of nitrogens with zero attached hydrogens (tertiary/aromatic N) is 1. The zero-order chi connectivity index (χ0) is 21.4. The van der Waals surface area contributed by atoms with Crippen LogP contribution in [-0.4, -0.2) is 22.9 Å². The number of nitro benzene ring substituents is 1. The van der Waals surface area contributed by atoms with E-state index >= 15 is 0 Å². The average Bonchev–Trinajstić information content (AvgIpc) is 3.42. The van der Waals surface area contributed by atoms with Crippen molar-refractivity contribution in [2.24, 2.45) is 23.7 Å². The van der Waals surface area contributed by atoms with Crippen molar-refractivity contribution in [2.45, 2.75) is 41.0 Å². The van der Waals surface area contributed by atoms with Crippen molar-refractivity contribution >= 4 is 17.2 Å². The van der Waals surface area contributed by atoms with Crippen LogP contribution in [0.15, 0.2) is 47.7 Å². The van der Waals surface area contributed by atoms with Gasteiger partial charge in [0.2, 0.25) is 0 Å². The standard InChI is InChI=1S/C11H12O2.C7H8N2O2.2C2H6/c1-5-10(12)8-6-2-3-7(4-6)9(8)11(5)13;1-8-6-2-4-7(5-3-6)9(10)11;2*1-2/h2-3,6-9,12H,4H2,1H3;2-5,8H,1H3;2*1-2H3/t6-,7+,8-,9+;;;/m0.../s1. The number of hydrogen-bond acceptors (Lipinski definition) is 5. The highest BCUT2D eigenvalue weighted by Crippen LogP contribution is 2.55. The highest BCUT2D eigenvalue weighted by Gasteiger charge is 2.54. The summed E-state index contributed by atoms with van der Waals surface area (Å²) >= 11 is 0. The number of ketones is 1. The number of allylic oxidation sites excluding steroid dienone is 4. The number of rotatable bonds is 2. The molecule has 3 aliphatic rings. The molecule has 4 rings (SSSR count). The van der Waals surface area contributed by atoms with E-state index in [0.29, 0.717) is 23.2 Å². The van der Waals surface area contributed by atoms with Gasteiger partial charge < -0.3 is 10.4 Å². The molecule has 0 unspecified atom stereocenters. The summed E-state index contributed by atoms with van der Waals surface area (Å²) in [4.78, 5) is 21.5. The second kappa shape index (κ2) is 10.6. The summed E-state index contributed by atoms with van der Waals surface area (Å²) < 4.78 is 0. The van der Waals surface area contributed by atoms with Crippen molar-refractivity contribution in [3.63, 3.8) is 0 Å². The second-order valence-electron chi connectivity index (χ2n) is 6.43. The van der Waals surface area contributed by atoms with E-state index in [1.807, 2.05) is 27.7 Å². The minimum atomic E-state index is -0.417. The molecule has 4 atom stereocenters. The summed E-state index contributed by atoms with van der Waals surface area (Å²) in [6, 6.07) is 6.26. The number of carbonyl (C=O) groups excluding carboxylic acids is 1. The number of nitrogens with one attached hydrogen (secondary N) is 1. The van der Waals surface area contributed by atoms with E-state index in [4.69, 9.17) is 0 Å². The van der Waals surface area contributed by atoms with Crippen molar-refractivity contribution in [1.82, 2.24) is 0 Å². The maximum absolute atomic E-state index is 11.7. The number of aliphatic hydroxyl groups is 1. The number of nitro groups is 1. The molecule has 0 spiro atoms. The average molecular weight is 389 g/mol. The molecule has 0 saturated heterocycles. The van der Waals surface area contributed by atoms with Gasteiger partial charge >= 0.3 is 0 Å². The topological polar surface area (TPSA) is 92.5 Å². The van der Waals surface area contributed by atoms with Gasteiger partial charge in [0.25, 0.3) is 5.69 Å². The van der Waals surface area contributed by atoms with Gasteiger partial charge in [-0.15, -0.1) is 0 Å². The maximum atomic E-state index is 11.7. The zero-order valence-electron chi connectivity index (χ0n) is 17.6. The molecule has 28 heavy (non-hydrogen) atoms. The highest BCUT2D eigenvalue weighted by molar-refractivity contribution is 6.01. The van der Waals surface area contributed by atoms with E-state index in [9.17, 15) is 20.0 Å². The molecule has 2 bridgehead atoms. The van der Waals surface area contributed by atoms with E-state index in [1.165, 1.54) is 12.1 Å². The molecule has 0 aromatic heterocycles. The van der Waals surface area contributed by atoms with E-state index in [2.05, 4.69) is 17.5 Å². The summed E-state index contributed by atoms with van der Waals surface area (Å²) in [7, 11) is 1.77. The van der Waals surface area contributed by atoms with Gasteiger partial charge in [-0.2, -0.15) is 0 Å². The van der Waals surface area contributed by atoms with Crippen LogP contribution in [0.3, 0.4) is 0 Å². The number of hydrogen-bond donors (Lipinski definition) is 2. The lowest BCUT2D eigenvalue weighted by Crippen LogP contribution is -2.21. The normalized spacial score (nSPS) is 25.6. The Kier molecular flexibility index (Phi) is 8.89. The van der Waals surface area contributed by atoms with Gasteiger partial charge in [-0.1, -0.05) is 39.8 Å². The molecule has 1 aromatic rings. The molecule has 0 aliphatic heterocycles. The molecule has 1 fully saturated rings. The molecule has 0 radical (unpaired) electrons. The lowest BCUT2D eigenvalue weighted by Gasteiger charge is -2.19. The monoisotopic (exact) mass is 388 g/mol. The first kappa shape index (κ1) is 23.4. The molecule has 0 amide bonds. The fourth-order valence-electron chi connectivity index (χ4n) is 3.93. The molecule has 6 heteroatoms. The Hall–Kier alpha value is -2.63. The smallest absolute Gasteiger partial charge is 0.269 e. The van der Waals surface area contributed by atoms with Crippen molar-refractivity contribution in [2.75, 3.05) is 12.4 Å². The molecule has 0 heterocycles. The molecular formula is C22H32N2O4. The Morgan fingerprint density at radius 1 is 1.04 bits per heavy atom. The quantitative estimate of drug-likeness (QED) is 0.395. The Morgan fingerprint density at radius 2 is 1.54 bits per heavy atom. The predicted octanol–water partition coefficient (Wildman–Crippen LogP) is 5.53. The van der Waals surface area contributed by atoms with Crippen LogP contribution in [0.25, 0.3) is 0 Å². The fourth-order valence-corrected chi connectivity index (χ4v) is 3.93. The number of fused-ring (bicyclic) bond motifs is 5. The van der Waals surface area contributed by atoms with Crippen LogP contribution >= 0.6 is 0 Å². The van der Waals surface area contributed by atoms with Gasteiger partial charge in [0, 0.05) is 42.3 Å². The first-order chi connectivity index (χ1) is 13.4. The Morgan fingerprint density at radius 3 is 1.96 bits per heavy atom. The lowest BCUT2D eigenvalue weighted by molar-refractivity contribution is -0.384. The third-order valence-electron chi connectivity index (χ3n) is 5.20. The largest absolute Gasteiger partial charge is 0.512 e. The van der Waals surface area contributed by atoms with Gasteiger partial charge in [0.15, 0.2) is 5.78 Å². The zero-order valence-corrected chi connectivity index (χ0v) is 17.6. The van der Waals surface area contributed by atoms with Gasteiger partial charge in [0.05, 0.1) is 4.92 Å². The van der Waals surface area contributed by atoms with Crippen LogP contribution in [0.1, 0.15) is 41.0 Å². The third-order valence-corrected chi connectivity index (χ3v) is 5.20. The Labute approximate surface area is 167 Å². The molecule has 1 saturated carbocycles. The lowest BCUT2D eigenvalue weighted by atomic mass is 9.84. The van der Waals surface area contributed by atoms with E-state index in [-0.39, 0.29) is 23.3 Å². The summed E-state index contributed by atoms with van der Waals surface area (Å²) in [5.41, 5.74) is 1.59. The highest BCUT2D eigenvalue weighted by atomic mass is 16.6. The van der Waals surface area contributed by atoms with Crippen molar-refractivity contribution in [1.29, 1.82) is 0 Å². The van der Waals surface area contributed by atoms with Crippen LogP contribution < -0.4 is 5.32 Å². The minimum Gasteiger partial charge on any atom is -0.512 e. The fraction of sp³-hybridized carbons (Fsp3) is 0.500. The van der Waals surface area contributed by atoms with Crippen molar-refractivity contribution < 1.29 is 14.8 Å². The number of aliphatic hydroxyl groups excluding tert-OH is 1. The third kappa shape index (κ3) is 4.61. The number of anilines is 1. The van der Waals surface area contributed by atoms with Crippen LogP contribution in [0.4, 0.5) is 11.4 Å². The van der Waals surface area contributed by atoms with Crippen molar-refractivity contribution in [3.05, 3.63) is 57.9 Å². The first-order valence-electron chi connectivity index (χ1n) is 9.98. The summed E-state index contributed by atoms with van der Waals surface area (Å²) in [6.45, 7) is 9.75. The minimum absolute atomic E-state index is 0.0787. The second-order valence-corrected chi connectivity index (χ2v) is 6.43. The van der Waals surface area contributed by atoms with E-state index < -0.39 is 4.92 Å². The number of non-ortho nitro benzene ring substituents is 1. The number of Topliss-reactive ketones (excluding diaryl/α,β-unsaturated/α-hetero) is 1. The van der Waals surface area contributed by atoms with Gasteiger partial charge in [-0.25, -0.2) is 0 Å². The van der Waals surface area contributed by atoms with Gasteiger partial charge in [-0.3, -0.25) is 14.9 Å². The SMILES string of the molecule is CC.CC.CC1=C(O)[C@@H]2[C@H](C1=O)[C@@H]1C=C[C@H]2C1.CNc1ccc([N+](=O)[O-])cc1. The Bertz CT molecular complexity index is 737. The molecule has 1 aromatic carbocycles. The molecule has 3 aliphatic carbocycles. The Balaban J connectivity index is 0.000000241.